The second-order valence-corrected chi connectivity index (χ2v) is 6.86. The van der Waals surface area contributed by atoms with Gasteiger partial charge < -0.3 is 4.74 Å². The molecular weight excluding hydrogens is 378 g/mol. The van der Waals surface area contributed by atoms with Gasteiger partial charge in [-0.05, 0) is 34.3 Å². The Bertz CT molecular complexity index is 663. The van der Waals surface area contributed by atoms with Crippen LogP contribution in [0.2, 0.25) is 0 Å². The predicted octanol–water partition coefficient (Wildman–Crippen LogP) is 2.82. The number of ether oxygens (including phenoxy) is 1. The number of anilines is 1. The maximum atomic E-state index is 11.9. The zero-order valence-electron chi connectivity index (χ0n) is 10.8. The van der Waals surface area contributed by atoms with Gasteiger partial charge in [-0.1, -0.05) is 11.3 Å². The van der Waals surface area contributed by atoms with Crippen molar-refractivity contribution >= 4 is 56.0 Å². The van der Waals surface area contributed by atoms with E-state index in [1.807, 2.05) is 6.26 Å². The van der Waals surface area contributed by atoms with E-state index in [1.54, 1.807) is 24.5 Å². The summed E-state index contributed by atoms with van der Waals surface area (Å²) in [5.74, 6) is -1.03. The molecule has 1 N–H and O–H groups in total. The first-order chi connectivity index (χ1) is 10.1. The fraction of sp³-hybridized carbons (Fsp3) is 0.167. The van der Waals surface area contributed by atoms with Gasteiger partial charge in [0.1, 0.15) is 5.03 Å². The minimum atomic E-state index is -0.581. The number of thioether (sulfide) groups is 1. The molecule has 2 heterocycles. The molecule has 1 amide bonds. The first-order valence-electron chi connectivity index (χ1n) is 5.67. The van der Waals surface area contributed by atoms with Gasteiger partial charge in [-0.3, -0.25) is 10.1 Å². The van der Waals surface area contributed by atoms with E-state index in [0.29, 0.717) is 15.7 Å². The third-order valence-corrected chi connectivity index (χ3v) is 4.35. The van der Waals surface area contributed by atoms with Gasteiger partial charge in [0, 0.05) is 6.20 Å². The Morgan fingerprint density at radius 3 is 2.95 bits per heavy atom. The SMILES string of the molecule is CSc1ncccc1C(=O)OCC(=O)Nc1ncc(Br)s1. The van der Waals surface area contributed by atoms with E-state index in [9.17, 15) is 9.59 Å². The van der Waals surface area contributed by atoms with E-state index >= 15 is 0 Å². The fourth-order valence-electron chi connectivity index (χ4n) is 1.39. The summed E-state index contributed by atoms with van der Waals surface area (Å²) in [4.78, 5) is 31.6. The second kappa shape index (κ2) is 7.53. The van der Waals surface area contributed by atoms with E-state index in [1.165, 1.54) is 23.1 Å². The summed E-state index contributed by atoms with van der Waals surface area (Å²) in [6, 6.07) is 3.25. The number of hydrogen-bond donors (Lipinski definition) is 1. The molecule has 2 rings (SSSR count). The molecule has 0 aromatic carbocycles. The Morgan fingerprint density at radius 1 is 1.48 bits per heavy atom. The van der Waals surface area contributed by atoms with Gasteiger partial charge in [-0.2, -0.15) is 0 Å². The Labute approximate surface area is 137 Å². The molecule has 0 spiro atoms. The summed E-state index contributed by atoms with van der Waals surface area (Å²) < 4.78 is 5.77. The van der Waals surface area contributed by atoms with Crippen LogP contribution >= 0.6 is 39.0 Å². The number of nitrogens with zero attached hydrogens (tertiary/aromatic N) is 2. The lowest BCUT2D eigenvalue weighted by Crippen LogP contribution is -2.21. The number of nitrogens with one attached hydrogen (secondary N) is 1. The molecule has 0 aliphatic heterocycles. The minimum Gasteiger partial charge on any atom is -0.452 e. The van der Waals surface area contributed by atoms with Crippen LogP contribution in [0.25, 0.3) is 0 Å². The number of carbonyl (C=O) groups is 2. The summed E-state index contributed by atoms with van der Waals surface area (Å²) >= 11 is 5.85. The molecule has 0 fully saturated rings. The van der Waals surface area contributed by atoms with Crippen molar-refractivity contribution in [3.8, 4) is 0 Å². The van der Waals surface area contributed by atoms with E-state index in [4.69, 9.17) is 4.74 Å². The molecule has 2 aromatic rings. The van der Waals surface area contributed by atoms with Gasteiger partial charge >= 0.3 is 5.97 Å². The number of pyridine rings is 1. The van der Waals surface area contributed by atoms with Crippen LogP contribution in [0.4, 0.5) is 5.13 Å². The monoisotopic (exact) mass is 387 g/mol. The fourth-order valence-corrected chi connectivity index (χ4v) is 3.05. The molecule has 0 aliphatic carbocycles. The number of hydrogen-bond acceptors (Lipinski definition) is 7. The van der Waals surface area contributed by atoms with Gasteiger partial charge in [0.15, 0.2) is 11.7 Å². The molecule has 9 heteroatoms. The average molecular weight is 388 g/mol. The molecular formula is C12H10BrN3O3S2. The summed E-state index contributed by atoms with van der Waals surface area (Å²) in [6.07, 6.45) is 4.98. The molecule has 0 radical (unpaired) electrons. The highest BCUT2D eigenvalue weighted by Gasteiger charge is 2.15. The Balaban J connectivity index is 1.90. The van der Waals surface area contributed by atoms with Crippen molar-refractivity contribution in [1.29, 1.82) is 0 Å². The zero-order valence-corrected chi connectivity index (χ0v) is 14.0. The van der Waals surface area contributed by atoms with Crippen LogP contribution in [0.15, 0.2) is 33.3 Å². The zero-order chi connectivity index (χ0) is 15.2. The number of aromatic nitrogens is 2. The molecule has 0 aliphatic rings. The lowest BCUT2D eigenvalue weighted by molar-refractivity contribution is -0.119. The molecule has 110 valence electrons. The number of rotatable bonds is 5. The van der Waals surface area contributed by atoms with Gasteiger partial charge in [0.25, 0.3) is 5.91 Å². The highest BCUT2D eigenvalue weighted by atomic mass is 79.9. The number of esters is 1. The topological polar surface area (TPSA) is 81.2 Å². The normalized spacial score (nSPS) is 10.2. The summed E-state index contributed by atoms with van der Waals surface area (Å²) in [5, 5.41) is 3.54. The van der Waals surface area contributed by atoms with Gasteiger partial charge in [0.2, 0.25) is 0 Å². The molecule has 0 saturated carbocycles. The maximum absolute atomic E-state index is 11.9. The molecule has 2 aromatic heterocycles. The Morgan fingerprint density at radius 2 is 2.29 bits per heavy atom. The Hall–Kier alpha value is -1.45. The van der Waals surface area contributed by atoms with Crippen molar-refractivity contribution in [2.24, 2.45) is 0 Å². The number of carbonyl (C=O) groups excluding carboxylic acids is 2. The van der Waals surface area contributed by atoms with E-state index in [0.717, 1.165) is 3.79 Å². The highest BCUT2D eigenvalue weighted by Crippen LogP contribution is 2.23. The number of amides is 1. The van der Waals surface area contributed by atoms with E-state index in [-0.39, 0.29) is 6.61 Å². The van der Waals surface area contributed by atoms with Gasteiger partial charge in [-0.15, -0.1) is 11.8 Å². The van der Waals surface area contributed by atoms with Crippen LogP contribution in [-0.4, -0.2) is 34.7 Å². The third-order valence-electron chi connectivity index (χ3n) is 2.24. The van der Waals surface area contributed by atoms with E-state index in [2.05, 4.69) is 31.2 Å². The van der Waals surface area contributed by atoms with Crippen molar-refractivity contribution < 1.29 is 14.3 Å². The van der Waals surface area contributed by atoms with Crippen LogP contribution in [0.3, 0.4) is 0 Å². The minimum absolute atomic E-state index is 0.342. The van der Waals surface area contributed by atoms with Crippen LogP contribution in [-0.2, 0) is 9.53 Å². The largest absolute Gasteiger partial charge is 0.452 e. The summed E-state index contributed by atoms with van der Waals surface area (Å²) in [6.45, 7) is -0.376. The second-order valence-electron chi connectivity index (χ2n) is 3.65. The first kappa shape index (κ1) is 15.9. The molecule has 21 heavy (non-hydrogen) atoms. The summed E-state index contributed by atoms with van der Waals surface area (Å²) in [5.41, 5.74) is 0.342. The van der Waals surface area contributed by atoms with Crippen LogP contribution < -0.4 is 5.32 Å². The van der Waals surface area contributed by atoms with Crippen molar-refractivity contribution in [2.45, 2.75) is 5.03 Å². The molecule has 0 bridgehead atoms. The quantitative estimate of drug-likeness (QED) is 0.627. The highest BCUT2D eigenvalue weighted by molar-refractivity contribution is 9.11. The van der Waals surface area contributed by atoms with Crippen molar-refractivity contribution in [3.05, 3.63) is 33.9 Å². The molecule has 0 unspecified atom stereocenters. The molecule has 0 saturated heterocycles. The van der Waals surface area contributed by atoms with Crippen LogP contribution in [0.5, 0.6) is 0 Å². The summed E-state index contributed by atoms with van der Waals surface area (Å²) in [7, 11) is 0. The van der Waals surface area contributed by atoms with Gasteiger partial charge in [-0.25, -0.2) is 14.8 Å². The van der Waals surface area contributed by atoms with Crippen molar-refractivity contribution in [3.63, 3.8) is 0 Å². The van der Waals surface area contributed by atoms with Crippen molar-refractivity contribution in [1.82, 2.24) is 9.97 Å². The first-order valence-corrected chi connectivity index (χ1v) is 8.51. The average Bonchev–Trinajstić information content (AvgIpc) is 2.89. The number of thiazole rings is 1. The van der Waals surface area contributed by atoms with E-state index < -0.39 is 11.9 Å². The van der Waals surface area contributed by atoms with Crippen molar-refractivity contribution in [2.75, 3.05) is 18.2 Å². The van der Waals surface area contributed by atoms with Gasteiger partial charge in [0.05, 0.1) is 15.5 Å². The Kier molecular flexibility index (Phi) is 5.71. The smallest absolute Gasteiger partial charge is 0.341 e. The van der Waals surface area contributed by atoms with Crippen LogP contribution in [0.1, 0.15) is 10.4 Å². The lowest BCUT2D eigenvalue weighted by Gasteiger charge is -2.06. The maximum Gasteiger partial charge on any atom is 0.341 e. The lowest BCUT2D eigenvalue weighted by atomic mass is 10.3. The van der Waals surface area contributed by atoms with Crippen LogP contribution in [0, 0.1) is 0 Å². The standard InChI is InChI=1S/C12H10BrN3O3S2/c1-20-10-7(3-2-4-14-10)11(18)19-6-9(17)16-12-15-5-8(13)21-12/h2-5H,6H2,1H3,(H,15,16,17). The number of halogens is 1. The predicted molar refractivity (Wildman–Crippen MR) is 84.7 cm³/mol. The molecule has 6 nitrogen and oxygen atoms in total. The third kappa shape index (κ3) is 4.51. The molecule has 0 atom stereocenters.